The first kappa shape index (κ1) is 22.2. The van der Waals surface area contributed by atoms with E-state index in [4.69, 9.17) is 4.74 Å². The second kappa shape index (κ2) is 11.0. The molecule has 0 aliphatic rings. The highest BCUT2D eigenvalue weighted by Crippen LogP contribution is 2.29. The maximum atomic E-state index is 12.6. The fraction of sp³-hybridized carbons (Fsp3) is 0.333. The van der Waals surface area contributed by atoms with Crippen LogP contribution in [0.5, 0.6) is 5.75 Å². The number of nitrogens with zero attached hydrogens (tertiary/aromatic N) is 1. The molecule has 0 spiro atoms. The molecule has 28 heavy (non-hydrogen) atoms. The molecule has 0 fully saturated rings. The summed E-state index contributed by atoms with van der Waals surface area (Å²) < 4.78 is 6.15. The lowest BCUT2D eigenvalue weighted by Crippen LogP contribution is -2.35. The molecule has 0 saturated carbocycles. The van der Waals surface area contributed by atoms with Crippen LogP contribution >= 0.6 is 22.6 Å². The summed E-state index contributed by atoms with van der Waals surface area (Å²) in [6.07, 6.45) is 0. The molecule has 150 valence electrons. The molecule has 0 bridgehead atoms. The van der Waals surface area contributed by atoms with Gasteiger partial charge in [-0.25, -0.2) is 0 Å². The number of ether oxygens (including phenoxy) is 1. The fourth-order valence-electron chi connectivity index (χ4n) is 2.74. The Hall–Kier alpha value is -2.13. The average molecular weight is 495 g/mol. The summed E-state index contributed by atoms with van der Waals surface area (Å²) >= 11 is 2.11. The maximum Gasteiger partial charge on any atom is 0.255 e. The van der Waals surface area contributed by atoms with Gasteiger partial charge in [0, 0.05) is 28.3 Å². The molecule has 0 saturated heterocycles. The van der Waals surface area contributed by atoms with E-state index in [0.29, 0.717) is 29.1 Å². The van der Waals surface area contributed by atoms with Crippen LogP contribution in [-0.2, 0) is 0 Å². The van der Waals surface area contributed by atoms with Gasteiger partial charge in [0.2, 0.25) is 0 Å². The van der Waals surface area contributed by atoms with E-state index < -0.39 is 0 Å². The lowest BCUT2D eigenvalue weighted by atomic mass is 10.1. The predicted molar refractivity (Wildman–Crippen MR) is 120 cm³/mol. The van der Waals surface area contributed by atoms with Crippen LogP contribution in [0.3, 0.4) is 0 Å². The average Bonchev–Trinajstić information content (AvgIpc) is 2.72. The first-order chi connectivity index (χ1) is 13.5. The van der Waals surface area contributed by atoms with Gasteiger partial charge in [0.25, 0.3) is 11.8 Å². The van der Waals surface area contributed by atoms with Gasteiger partial charge in [-0.15, -0.1) is 0 Å². The summed E-state index contributed by atoms with van der Waals surface area (Å²) in [5.41, 5.74) is 1.62. The number of hydrogen-bond acceptors (Lipinski definition) is 4. The van der Waals surface area contributed by atoms with Gasteiger partial charge in [0.15, 0.2) is 0 Å². The van der Waals surface area contributed by atoms with Gasteiger partial charge in [-0.05, 0) is 53.9 Å². The Balaban J connectivity index is 2.12. The fourth-order valence-corrected chi connectivity index (χ4v) is 3.34. The lowest BCUT2D eigenvalue weighted by Gasteiger charge is -2.18. The summed E-state index contributed by atoms with van der Waals surface area (Å²) in [4.78, 5) is 27.2. The Labute approximate surface area is 179 Å². The molecule has 7 heteroatoms. The molecule has 0 atom stereocenters. The Kier molecular flexibility index (Phi) is 8.72. The number of likely N-dealkylation sites (N-methyl/N-ethyl adjacent to an activating group) is 1. The molecule has 2 rings (SSSR count). The molecule has 6 nitrogen and oxygen atoms in total. The molecule has 2 aromatic carbocycles. The third kappa shape index (κ3) is 5.93. The topological polar surface area (TPSA) is 70.7 Å². The summed E-state index contributed by atoms with van der Waals surface area (Å²) in [6.45, 7) is 7.45. The van der Waals surface area contributed by atoms with Gasteiger partial charge >= 0.3 is 0 Å². The van der Waals surface area contributed by atoms with Crippen LogP contribution in [-0.4, -0.2) is 50.0 Å². The molecule has 2 amide bonds. The minimum absolute atomic E-state index is 0.192. The monoisotopic (exact) mass is 495 g/mol. The predicted octanol–water partition coefficient (Wildman–Crippen LogP) is 3.62. The van der Waals surface area contributed by atoms with E-state index in [1.54, 1.807) is 24.3 Å². The zero-order valence-corrected chi connectivity index (χ0v) is 18.6. The van der Waals surface area contributed by atoms with Gasteiger partial charge in [0.1, 0.15) is 5.75 Å². The number of methoxy groups -OCH3 is 1. The lowest BCUT2D eigenvalue weighted by molar-refractivity contribution is 0.0945. The third-order valence-electron chi connectivity index (χ3n) is 4.43. The van der Waals surface area contributed by atoms with Crippen molar-refractivity contribution in [3.05, 3.63) is 57.2 Å². The van der Waals surface area contributed by atoms with Crippen LogP contribution in [0.2, 0.25) is 0 Å². The van der Waals surface area contributed by atoms with Crippen molar-refractivity contribution in [2.75, 3.05) is 38.6 Å². The Bertz CT molecular complexity index is 808. The second-order valence-corrected chi connectivity index (χ2v) is 7.30. The minimum Gasteiger partial charge on any atom is -0.496 e. The van der Waals surface area contributed by atoms with E-state index >= 15 is 0 Å². The van der Waals surface area contributed by atoms with E-state index in [2.05, 4.69) is 52.0 Å². The first-order valence-electron chi connectivity index (χ1n) is 9.24. The molecule has 0 heterocycles. The summed E-state index contributed by atoms with van der Waals surface area (Å²) in [5.74, 6) is 0.0176. The van der Waals surface area contributed by atoms with Crippen molar-refractivity contribution in [1.82, 2.24) is 10.2 Å². The van der Waals surface area contributed by atoms with E-state index in [9.17, 15) is 9.59 Å². The number of carbonyl (C=O) groups is 2. The van der Waals surface area contributed by atoms with Crippen molar-refractivity contribution in [2.45, 2.75) is 13.8 Å². The van der Waals surface area contributed by atoms with Gasteiger partial charge in [-0.3, -0.25) is 9.59 Å². The number of carbonyl (C=O) groups excluding carboxylic acids is 2. The molecular formula is C21H26IN3O3. The van der Waals surface area contributed by atoms with Gasteiger partial charge < -0.3 is 20.3 Å². The second-order valence-electron chi connectivity index (χ2n) is 6.14. The van der Waals surface area contributed by atoms with Crippen LogP contribution < -0.4 is 15.4 Å². The van der Waals surface area contributed by atoms with Gasteiger partial charge in [-0.2, -0.15) is 0 Å². The van der Waals surface area contributed by atoms with E-state index in [0.717, 1.165) is 23.2 Å². The number of hydrogen-bond donors (Lipinski definition) is 2. The van der Waals surface area contributed by atoms with E-state index in [1.807, 2.05) is 18.2 Å². The van der Waals surface area contributed by atoms with Crippen molar-refractivity contribution >= 4 is 40.1 Å². The molecule has 0 aliphatic heterocycles. The zero-order valence-electron chi connectivity index (χ0n) is 16.4. The normalized spacial score (nSPS) is 10.6. The van der Waals surface area contributed by atoms with Crippen molar-refractivity contribution in [2.24, 2.45) is 0 Å². The molecule has 2 N–H and O–H groups in total. The molecule has 0 aliphatic carbocycles. The SMILES string of the molecule is CCN(CC)CCNC(=O)c1cc(I)c(NC(=O)c2ccccc2)cc1OC. The van der Waals surface area contributed by atoms with Crippen LogP contribution in [0.1, 0.15) is 34.6 Å². The largest absolute Gasteiger partial charge is 0.496 e. The molecule has 2 aromatic rings. The molecule has 0 radical (unpaired) electrons. The van der Waals surface area contributed by atoms with Crippen molar-refractivity contribution in [3.8, 4) is 5.75 Å². The van der Waals surface area contributed by atoms with Crippen LogP contribution in [0.4, 0.5) is 5.69 Å². The highest BCUT2D eigenvalue weighted by molar-refractivity contribution is 14.1. The van der Waals surface area contributed by atoms with Crippen molar-refractivity contribution in [1.29, 1.82) is 0 Å². The van der Waals surface area contributed by atoms with E-state index in [-0.39, 0.29) is 11.8 Å². The number of anilines is 1. The van der Waals surface area contributed by atoms with E-state index in [1.165, 1.54) is 7.11 Å². The summed E-state index contributed by atoms with van der Waals surface area (Å²) in [6, 6.07) is 12.4. The third-order valence-corrected chi connectivity index (χ3v) is 5.32. The minimum atomic E-state index is -0.211. The van der Waals surface area contributed by atoms with Crippen LogP contribution in [0, 0.1) is 3.57 Å². The highest BCUT2D eigenvalue weighted by Gasteiger charge is 2.17. The summed E-state index contributed by atoms with van der Waals surface area (Å²) in [7, 11) is 1.51. The Morgan fingerprint density at radius 1 is 1.07 bits per heavy atom. The number of benzene rings is 2. The highest BCUT2D eigenvalue weighted by atomic mass is 127. The van der Waals surface area contributed by atoms with Gasteiger partial charge in [0.05, 0.1) is 18.4 Å². The first-order valence-corrected chi connectivity index (χ1v) is 10.3. The zero-order chi connectivity index (χ0) is 20.5. The maximum absolute atomic E-state index is 12.6. The molecular weight excluding hydrogens is 469 g/mol. The Morgan fingerprint density at radius 3 is 2.36 bits per heavy atom. The number of nitrogens with one attached hydrogen (secondary N) is 2. The number of rotatable bonds is 9. The number of halogens is 1. The Morgan fingerprint density at radius 2 is 1.75 bits per heavy atom. The van der Waals surface area contributed by atoms with Gasteiger partial charge in [-0.1, -0.05) is 32.0 Å². The number of amides is 2. The van der Waals surface area contributed by atoms with Crippen LogP contribution in [0.15, 0.2) is 42.5 Å². The standard InChI is InChI=1S/C21H26IN3O3/c1-4-25(5-2)12-11-23-21(27)16-13-17(22)18(14-19(16)28-3)24-20(26)15-9-7-6-8-10-15/h6-10,13-14H,4-5,11-12H2,1-3H3,(H,23,27)(H,24,26). The van der Waals surface area contributed by atoms with Crippen molar-refractivity contribution in [3.63, 3.8) is 0 Å². The van der Waals surface area contributed by atoms with Crippen LogP contribution in [0.25, 0.3) is 0 Å². The van der Waals surface area contributed by atoms with Crippen molar-refractivity contribution < 1.29 is 14.3 Å². The quantitative estimate of drug-likeness (QED) is 0.522. The summed E-state index contributed by atoms with van der Waals surface area (Å²) in [5, 5.41) is 5.81. The molecule has 0 unspecified atom stereocenters. The smallest absolute Gasteiger partial charge is 0.255 e. The molecule has 0 aromatic heterocycles.